The molecule has 13 heavy (non-hydrogen) atoms. The van der Waals surface area contributed by atoms with E-state index in [9.17, 15) is 5.11 Å². The minimum Gasteiger partial charge on any atom is -0.393 e. The first-order valence-electron chi connectivity index (χ1n) is 4.90. The molecule has 1 rings (SSSR count). The molecule has 2 N–H and O–H groups in total. The maximum Gasteiger partial charge on any atom is 0.0543 e. The number of hydrogen-bond donors (Lipinski definition) is 2. The van der Waals surface area contributed by atoms with E-state index in [0.29, 0.717) is 17.5 Å². The Balaban J connectivity index is 2.10. The molecule has 0 aromatic rings. The molecule has 3 heteroatoms. The molecule has 2 unspecified atom stereocenters. The van der Waals surface area contributed by atoms with Crippen molar-refractivity contribution in [3.8, 4) is 0 Å². The van der Waals surface area contributed by atoms with Gasteiger partial charge >= 0.3 is 0 Å². The first kappa shape index (κ1) is 11.0. The number of aliphatic hydroxyl groups excluding tert-OH is 1. The fourth-order valence-corrected chi connectivity index (χ4v) is 1.95. The molecular formula is C10H18ClNO. The predicted molar refractivity (Wildman–Crippen MR) is 55.8 cm³/mol. The van der Waals surface area contributed by atoms with Gasteiger partial charge in [-0.15, -0.1) is 0 Å². The van der Waals surface area contributed by atoms with Crippen LogP contribution in [0, 0.1) is 5.92 Å². The average molecular weight is 204 g/mol. The minimum absolute atomic E-state index is 0.0836. The van der Waals surface area contributed by atoms with Crippen LogP contribution in [0.4, 0.5) is 0 Å². The molecule has 0 radical (unpaired) electrons. The van der Waals surface area contributed by atoms with Crippen LogP contribution in [0.5, 0.6) is 0 Å². The first-order valence-corrected chi connectivity index (χ1v) is 5.28. The van der Waals surface area contributed by atoms with Crippen LogP contribution in [0.25, 0.3) is 0 Å². The van der Waals surface area contributed by atoms with Gasteiger partial charge in [-0.3, -0.25) is 0 Å². The van der Waals surface area contributed by atoms with Crippen LogP contribution >= 0.6 is 11.6 Å². The van der Waals surface area contributed by atoms with Gasteiger partial charge in [-0.2, -0.15) is 0 Å². The molecule has 0 heterocycles. The van der Waals surface area contributed by atoms with Crippen molar-refractivity contribution >= 4 is 11.6 Å². The van der Waals surface area contributed by atoms with Crippen LogP contribution in [-0.4, -0.2) is 24.3 Å². The third-order valence-corrected chi connectivity index (χ3v) is 2.64. The Kier molecular flexibility index (Phi) is 4.78. The van der Waals surface area contributed by atoms with Gasteiger partial charge in [0, 0.05) is 11.6 Å². The van der Waals surface area contributed by atoms with Crippen LogP contribution in [0.3, 0.4) is 0 Å². The SMILES string of the molecule is C=C(Cl)CNCC1CCCC(O)C1. The topological polar surface area (TPSA) is 32.3 Å². The first-order chi connectivity index (χ1) is 6.18. The summed E-state index contributed by atoms with van der Waals surface area (Å²) in [5.74, 6) is 0.611. The summed E-state index contributed by atoms with van der Waals surface area (Å²) < 4.78 is 0. The van der Waals surface area contributed by atoms with E-state index in [1.165, 1.54) is 6.42 Å². The fourth-order valence-electron chi connectivity index (χ4n) is 1.86. The smallest absolute Gasteiger partial charge is 0.0543 e. The summed E-state index contributed by atoms with van der Waals surface area (Å²) in [6, 6.07) is 0. The Labute approximate surface area is 85.0 Å². The van der Waals surface area contributed by atoms with Crippen molar-refractivity contribution in [3.05, 3.63) is 11.6 Å². The monoisotopic (exact) mass is 203 g/mol. The van der Waals surface area contributed by atoms with Gasteiger partial charge in [-0.05, 0) is 31.7 Å². The minimum atomic E-state index is -0.0836. The molecule has 0 amide bonds. The highest BCUT2D eigenvalue weighted by molar-refractivity contribution is 6.29. The van der Waals surface area contributed by atoms with Crippen LogP contribution in [0.1, 0.15) is 25.7 Å². The molecule has 0 saturated heterocycles. The number of nitrogens with one attached hydrogen (secondary N) is 1. The zero-order valence-electron chi connectivity index (χ0n) is 7.93. The Morgan fingerprint density at radius 3 is 2.92 bits per heavy atom. The molecular weight excluding hydrogens is 186 g/mol. The summed E-state index contributed by atoms with van der Waals surface area (Å²) in [6.07, 6.45) is 4.19. The zero-order chi connectivity index (χ0) is 9.68. The van der Waals surface area contributed by atoms with Gasteiger partial charge in [0.15, 0.2) is 0 Å². The lowest BCUT2D eigenvalue weighted by atomic mass is 9.87. The lowest BCUT2D eigenvalue weighted by Gasteiger charge is -2.25. The van der Waals surface area contributed by atoms with E-state index in [-0.39, 0.29) is 6.10 Å². The van der Waals surface area contributed by atoms with Crippen LogP contribution in [0.15, 0.2) is 11.6 Å². The predicted octanol–water partition coefficient (Wildman–Crippen LogP) is 1.88. The molecule has 0 aromatic carbocycles. The molecule has 1 aliphatic rings. The van der Waals surface area contributed by atoms with Gasteiger partial charge in [-0.1, -0.05) is 24.6 Å². The molecule has 1 aliphatic carbocycles. The average Bonchev–Trinajstić information content (AvgIpc) is 2.03. The second kappa shape index (κ2) is 5.63. The fraction of sp³-hybridized carbons (Fsp3) is 0.800. The molecule has 1 saturated carbocycles. The molecule has 2 nitrogen and oxygen atoms in total. The molecule has 2 atom stereocenters. The van der Waals surface area contributed by atoms with E-state index in [2.05, 4.69) is 11.9 Å². The molecule has 0 aromatic heterocycles. The third-order valence-electron chi connectivity index (χ3n) is 2.50. The molecule has 1 fully saturated rings. The van der Waals surface area contributed by atoms with E-state index >= 15 is 0 Å². The normalized spacial score (nSPS) is 28.8. The van der Waals surface area contributed by atoms with Crippen molar-refractivity contribution in [1.82, 2.24) is 5.32 Å². The number of halogens is 1. The highest BCUT2D eigenvalue weighted by atomic mass is 35.5. The second-order valence-electron chi connectivity index (χ2n) is 3.83. The van der Waals surface area contributed by atoms with Crippen molar-refractivity contribution in [2.75, 3.05) is 13.1 Å². The molecule has 0 bridgehead atoms. The standard InChI is InChI=1S/C10H18ClNO/c1-8(11)6-12-7-9-3-2-4-10(13)5-9/h9-10,12-13H,1-7H2. The summed E-state index contributed by atoms with van der Waals surface area (Å²) in [5, 5.41) is 13.3. The Hall–Kier alpha value is -0.0500. The highest BCUT2D eigenvalue weighted by Crippen LogP contribution is 2.23. The summed E-state index contributed by atoms with van der Waals surface area (Å²) in [5.41, 5.74) is 0. The maximum absolute atomic E-state index is 9.42. The van der Waals surface area contributed by atoms with Gasteiger partial charge in [0.25, 0.3) is 0 Å². The van der Waals surface area contributed by atoms with E-state index in [0.717, 1.165) is 25.8 Å². The largest absolute Gasteiger partial charge is 0.393 e. The Morgan fingerprint density at radius 1 is 1.54 bits per heavy atom. The summed E-state index contributed by atoms with van der Waals surface area (Å²) in [6.45, 7) is 5.23. The van der Waals surface area contributed by atoms with Crippen molar-refractivity contribution in [3.63, 3.8) is 0 Å². The van der Waals surface area contributed by atoms with E-state index < -0.39 is 0 Å². The van der Waals surface area contributed by atoms with Crippen molar-refractivity contribution in [2.24, 2.45) is 5.92 Å². The van der Waals surface area contributed by atoms with Gasteiger partial charge in [0.05, 0.1) is 6.10 Å². The van der Waals surface area contributed by atoms with Crippen molar-refractivity contribution in [2.45, 2.75) is 31.8 Å². The lowest BCUT2D eigenvalue weighted by Crippen LogP contribution is -2.29. The quantitative estimate of drug-likeness (QED) is 0.732. The zero-order valence-corrected chi connectivity index (χ0v) is 8.69. The van der Waals surface area contributed by atoms with E-state index in [4.69, 9.17) is 11.6 Å². The summed E-state index contributed by atoms with van der Waals surface area (Å²) in [7, 11) is 0. The van der Waals surface area contributed by atoms with E-state index in [1.807, 2.05) is 0 Å². The van der Waals surface area contributed by atoms with Gasteiger partial charge in [0.1, 0.15) is 0 Å². The number of aliphatic hydroxyl groups is 1. The van der Waals surface area contributed by atoms with Crippen LogP contribution in [-0.2, 0) is 0 Å². The molecule has 0 aliphatic heterocycles. The Morgan fingerprint density at radius 2 is 2.31 bits per heavy atom. The van der Waals surface area contributed by atoms with Crippen molar-refractivity contribution < 1.29 is 5.11 Å². The molecule has 76 valence electrons. The number of hydrogen-bond acceptors (Lipinski definition) is 2. The lowest BCUT2D eigenvalue weighted by molar-refractivity contribution is 0.101. The molecule has 0 spiro atoms. The van der Waals surface area contributed by atoms with Gasteiger partial charge in [-0.25, -0.2) is 0 Å². The summed E-state index contributed by atoms with van der Waals surface area (Å²) in [4.78, 5) is 0. The second-order valence-corrected chi connectivity index (χ2v) is 4.37. The van der Waals surface area contributed by atoms with Crippen LogP contribution < -0.4 is 5.32 Å². The van der Waals surface area contributed by atoms with Crippen molar-refractivity contribution in [1.29, 1.82) is 0 Å². The van der Waals surface area contributed by atoms with Crippen LogP contribution in [0.2, 0.25) is 0 Å². The third kappa shape index (κ3) is 4.65. The summed E-state index contributed by atoms with van der Waals surface area (Å²) >= 11 is 5.62. The van der Waals surface area contributed by atoms with Gasteiger partial charge in [0.2, 0.25) is 0 Å². The Bertz CT molecular complexity index is 172. The highest BCUT2D eigenvalue weighted by Gasteiger charge is 2.19. The maximum atomic E-state index is 9.42. The van der Waals surface area contributed by atoms with Gasteiger partial charge < -0.3 is 10.4 Å². The number of rotatable bonds is 4. The van der Waals surface area contributed by atoms with E-state index in [1.54, 1.807) is 0 Å².